The summed E-state index contributed by atoms with van der Waals surface area (Å²) in [6, 6.07) is 14.5. The zero-order valence-corrected chi connectivity index (χ0v) is 17.5. The van der Waals surface area contributed by atoms with Gasteiger partial charge in [0.2, 0.25) is 0 Å². The first-order valence-corrected chi connectivity index (χ1v) is 10.7. The van der Waals surface area contributed by atoms with Gasteiger partial charge in [0.05, 0.1) is 6.61 Å². The van der Waals surface area contributed by atoms with Crippen LogP contribution in [0.25, 0.3) is 0 Å². The largest absolute Gasteiger partial charge is 0.378 e. The van der Waals surface area contributed by atoms with E-state index in [0.717, 1.165) is 10.2 Å². The second-order valence-electron chi connectivity index (χ2n) is 6.62. The van der Waals surface area contributed by atoms with Gasteiger partial charge in [-0.05, 0) is 47.9 Å². The highest BCUT2D eigenvalue weighted by Crippen LogP contribution is 2.58. The first kappa shape index (κ1) is 20.2. The van der Waals surface area contributed by atoms with E-state index in [2.05, 4.69) is 15.9 Å². The third kappa shape index (κ3) is 4.95. The molecule has 0 aliphatic carbocycles. The Kier molecular flexibility index (Phi) is 6.86. The lowest BCUT2D eigenvalue weighted by Gasteiger charge is -2.26. The Balaban J connectivity index is 2.42. The average Bonchev–Trinajstić information content (AvgIpc) is 2.59. The zero-order chi connectivity index (χ0) is 18.6. The molecule has 0 radical (unpaired) electrons. The van der Waals surface area contributed by atoms with Gasteiger partial charge in [0.1, 0.15) is 0 Å². The molecule has 0 aliphatic heterocycles. The van der Waals surface area contributed by atoms with Gasteiger partial charge >= 0.3 is 0 Å². The van der Waals surface area contributed by atoms with Gasteiger partial charge in [-0.25, -0.2) is 0 Å². The van der Waals surface area contributed by atoms with Crippen LogP contribution >= 0.6 is 23.3 Å². The summed E-state index contributed by atoms with van der Waals surface area (Å²) in [5.74, 6) is -0.990. The monoisotopic (exact) mass is 425 g/mol. The van der Waals surface area contributed by atoms with E-state index in [-0.39, 0.29) is 5.92 Å². The third-order valence-corrected chi connectivity index (χ3v) is 6.84. The predicted molar refractivity (Wildman–Crippen MR) is 108 cm³/mol. The van der Waals surface area contributed by atoms with Crippen molar-refractivity contribution in [2.75, 3.05) is 25.6 Å². The van der Waals surface area contributed by atoms with E-state index in [9.17, 15) is 9.67 Å². The summed E-state index contributed by atoms with van der Waals surface area (Å²) in [7, 11) is 0.408. The van der Waals surface area contributed by atoms with Crippen LogP contribution in [0.5, 0.6) is 0 Å². The second-order valence-corrected chi connectivity index (χ2v) is 10.00. The lowest BCUT2D eigenvalue weighted by Crippen LogP contribution is -2.17. The molecule has 2 aromatic rings. The lowest BCUT2D eigenvalue weighted by atomic mass is 10.2. The minimum absolute atomic E-state index is 0.214. The number of benzene rings is 2. The molecule has 0 fully saturated rings. The Hall–Kier alpha value is -1.13. The first-order chi connectivity index (χ1) is 11.7. The van der Waals surface area contributed by atoms with Gasteiger partial charge in [-0.1, -0.05) is 41.9 Å². The maximum atomic E-state index is 13.7. The second kappa shape index (κ2) is 8.50. The molecule has 0 aliphatic rings. The topological polar surface area (TPSA) is 49.8 Å². The standard InChI is InChI=1S/C19H25BrNO3P/c1-14(2)13-24-25(23,18-11-9-17(10-12-18)21(3)4)19(22)15-5-7-16(20)8-6-15/h5-12,14,19,22H,13H2,1-4H3/t19-,25+/m1/s1. The molecule has 0 spiro atoms. The normalized spacial score (nSPS) is 15.0. The van der Waals surface area contributed by atoms with E-state index in [0.29, 0.717) is 17.5 Å². The minimum Gasteiger partial charge on any atom is -0.378 e. The summed E-state index contributed by atoms with van der Waals surface area (Å²) in [4.78, 5) is 1.97. The van der Waals surface area contributed by atoms with E-state index < -0.39 is 13.2 Å². The number of rotatable bonds is 7. The maximum Gasteiger partial charge on any atom is 0.264 e. The molecular weight excluding hydrogens is 401 g/mol. The lowest BCUT2D eigenvalue weighted by molar-refractivity contribution is 0.203. The average molecular weight is 426 g/mol. The minimum atomic E-state index is -3.48. The molecule has 2 atom stereocenters. The fourth-order valence-electron chi connectivity index (χ4n) is 2.34. The van der Waals surface area contributed by atoms with Crippen molar-refractivity contribution in [3.63, 3.8) is 0 Å². The molecule has 6 heteroatoms. The molecule has 0 heterocycles. The van der Waals surface area contributed by atoms with Gasteiger partial charge in [0.25, 0.3) is 7.37 Å². The molecule has 0 unspecified atom stereocenters. The van der Waals surface area contributed by atoms with Crippen LogP contribution in [-0.4, -0.2) is 25.8 Å². The van der Waals surface area contributed by atoms with Crippen molar-refractivity contribution in [2.45, 2.75) is 19.7 Å². The zero-order valence-electron chi connectivity index (χ0n) is 15.0. The van der Waals surface area contributed by atoms with E-state index in [4.69, 9.17) is 4.52 Å². The molecule has 0 saturated carbocycles. The number of hydrogen-bond donors (Lipinski definition) is 1. The number of aliphatic hydroxyl groups excluding tert-OH is 1. The smallest absolute Gasteiger partial charge is 0.264 e. The van der Waals surface area contributed by atoms with Gasteiger partial charge in [0.15, 0.2) is 5.85 Å². The van der Waals surface area contributed by atoms with Crippen LogP contribution in [0.2, 0.25) is 0 Å². The van der Waals surface area contributed by atoms with Crippen molar-refractivity contribution >= 4 is 34.3 Å². The van der Waals surface area contributed by atoms with Crippen LogP contribution < -0.4 is 10.2 Å². The van der Waals surface area contributed by atoms with Crippen LogP contribution in [-0.2, 0) is 9.09 Å². The molecule has 2 aromatic carbocycles. The first-order valence-electron chi connectivity index (χ1n) is 8.20. The van der Waals surface area contributed by atoms with Gasteiger partial charge in [-0.15, -0.1) is 0 Å². The molecule has 25 heavy (non-hydrogen) atoms. The van der Waals surface area contributed by atoms with Crippen LogP contribution in [0, 0.1) is 5.92 Å². The van der Waals surface area contributed by atoms with E-state index in [1.807, 2.05) is 57.1 Å². The Bertz CT molecular complexity index is 729. The Morgan fingerprint density at radius 3 is 2.12 bits per heavy atom. The highest BCUT2D eigenvalue weighted by Gasteiger charge is 2.36. The Labute approximate surface area is 158 Å². The quantitative estimate of drug-likeness (QED) is 0.648. The van der Waals surface area contributed by atoms with E-state index in [1.54, 1.807) is 24.3 Å². The van der Waals surface area contributed by atoms with Crippen molar-refractivity contribution in [1.29, 1.82) is 0 Å². The van der Waals surface area contributed by atoms with Crippen LogP contribution in [0.15, 0.2) is 53.0 Å². The van der Waals surface area contributed by atoms with Crippen molar-refractivity contribution < 1.29 is 14.2 Å². The van der Waals surface area contributed by atoms with Crippen molar-refractivity contribution in [3.05, 3.63) is 58.6 Å². The van der Waals surface area contributed by atoms with Crippen LogP contribution in [0.1, 0.15) is 25.3 Å². The summed E-state index contributed by atoms with van der Waals surface area (Å²) in [6.45, 7) is 4.30. The summed E-state index contributed by atoms with van der Waals surface area (Å²) in [6.07, 6.45) is 0. The number of aliphatic hydroxyl groups is 1. The number of hydrogen-bond acceptors (Lipinski definition) is 4. The summed E-state index contributed by atoms with van der Waals surface area (Å²) < 4.78 is 20.4. The maximum absolute atomic E-state index is 13.7. The van der Waals surface area contributed by atoms with Crippen molar-refractivity contribution in [1.82, 2.24) is 0 Å². The molecular formula is C19H25BrNO3P. The number of anilines is 1. The van der Waals surface area contributed by atoms with Crippen molar-refractivity contribution in [2.24, 2.45) is 5.92 Å². The SMILES string of the molecule is CC(C)CO[P@@](=O)(c1ccc(N(C)C)cc1)[C@@H](O)c1ccc(Br)cc1. The highest BCUT2D eigenvalue weighted by atomic mass is 79.9. The van der Waals surface area contributed by atoms with Gasteiger partial charge in [-0.2, -0.15) is 0 Å². The van der Waals surface area contributed by atoms with Gasteiger partial charge in [-0.3, -0.25) is 4.57 Å². The molecule has 0 bridgehead atoms. The molecule has 4 nitrogen and oxygen atoms in total. The Morgan fingerprint density at radius 1 is 1.08 bits per heavy atom. The van der Waals surface area contributed by atoms with Crippen molar-refractivity contribution in [3.8, 4) is 0 Å². The predicted octanol–water partition coefficient (Wildman–Crippen LogP) is 4.78. The number of nitrogens with zero attached hydrogens (tertiary/aromatic N) is 1. The van der Waals surface area contributed by atoms with E-state index in [1.165, 1.54) is 0 Å². The summed E-state index contributed by atoms with van der Waals surface area (Å²) >= 11 is 3.37. The molecule has 2 rings (SSSR count). The van der Waals surface area contributed by atoms with E-state index >= 15 is 0 Å². The Morgan fingerprint density at radius 2 is 1.64 bits per heavy atom. The molecule has 0 amide bonds. The fourth-order valence-corrected chi connectivity index (χ4v) is 4.82. The van der Waals surface area contributed by atoms with Crippen LogP contribution in [0.3, 0.4) is 0 Å². The van der Waals surface area contributed by atoms with Gasteiger partial charge < -0.3 is 14.5 Å². The summed E-state index contributed by atoms with van der Waals surface area (Å²) in [5, 5.41) is 11.4. The molecule has 136 valence electrons. The third-order valence-electron chi connectivity index (χ3n) is 3.82. The van der Waals surface area contributed by atoms with Gasteiger partial charge in [0, 0.05) is 29.6 Å². The summed E-state index contributed by atoms with van der Waals surface area (Å²) in [5.41, 5.74) is 1.57. The highest BCUT2D eigenvalue weighted by molar-refractivity contribution is 9.10. The molecule has 0 saturated heterocycles. The fraction of sp³-hybridized carbons (Fsp3) is 0.368. The molecule has 0 aromatic heterocycles. The van der Waals surface area contributed by atoms with Crippen LogP contribution in [0.4, 0.5) is 5.69 Å². The molecule has 1 N–H and O–H groups in total. The number of halogens is 1.